The third-order valence-electron chi connectivity index (χ3n) is 7.10. The molecule has 0 fully saturated rings. The van der Waals surface area contributed by atoms with E-state index < -0.39 is 24.0 Å². The monoisotopic (exact) mass is 617 g/mol. The second kappa shape index (κ2) is 13.7. The molecule has 1 atom stereocenters. The van der Waals surface area contributed by atoms with Crippen molar-refractivity contribution in [2.24, 2.45) is 0 Å². The summed E-state index contributed by atoms with van der Waals surface area (Å²) in [6.45, 7) is 1.97. The van der Waals surface area contributed by atoms with E-state index in [9.17, 15) is 14.4 Å². The summed E-state index contributed by atoms with van der Waals surface area (Å²) in [5.41, 5.74) is 3.45. The number of allylic oxidation sites excluding steroid dienone is 1. The quantitative estimate of drug-likeness (QED) is 0.190. The predicted octanol–water partition coefficient (Wildman–Crippen LogP) is 7.15. The van der Waals surface area contributed by atoms with E-state index in [0.29, 0.717) is 33.4 Å². The Kier molecular flexibility index (Phi) is 9.59. The highest BCUT2D eigenvalue weighted by atomic mass is 35.5. The van der Waals surface area contributed by atoms with Crippen molar-refractivity contribution in [1.29, 1.82) is 0 Å². The summed E-state index contributed by atoms with van der Waals surface area (Å²) in [6.07, 6.45) is 0.387. The summed E-state index contributed by atoms with van der Waals surface area (Å²) < 4.78 is 11.1. The molecule has 220 valence electrons. The molecule has 0 radical (unpaired) electrons. The van der Waals surface area contributed by atoms with E-state index in [0.717, 1.165) is 16.5 Å². The van der Waals surface area contributed by atoms with E-state index in [1.54, 1.807) is 25.1 Å². The Bertz CT molecular complexity index is 1690. The number of esters is 2. The molecule has 2 heterocycles. The summed E-state index contributed by atoms with van der Waals surface area (Å²) in [6, 6.07) is 24.3. The minimum Gasteiger partial charge on any atom is -0.459 e. The Morgan fingerprint density at radius 3 is 2.49 bits per heavy atom. The fraction of sp³-hybridized carbons (Fsp3) is 0.212. The molecule has 0 spiro atoms. The molecule has 0 saturated heterocycles. The topological polar surface area (TPSA) is 97.8 Å². The third-order valence-corrected chi connectivity index (χ3v) is 7.66. The lowest BCUT2D eigenvalue weighted by atomic mass is 9.94. The number of pyridine rings is 1. The van der Waals surface area contributed by atoms with E-state index in [1.807, 2.05) is 66.7 Å². The molecular formula is C33H29Cl2N3O5. The number of halogens is 2. The smallest absolute Gasteiger partial charge is 0.338 e. The number of nitrogens with zero attached hydrogens (tertiary/aromatic N) is 2. The first-order valence-electron chi connectivity index (χ1n) is 13.8. The van der Waals surface area contributed by atoms with Crippen molar-refractivity contribution in [3.05, 3.63) is 123 Å². The predicted molar refractivity (Wildman–Crippen MR) is 164 cm³/mol. The molecule has 5 rings (SSSR count). The van der Waals surface area contributed by atoms with Crippen LogP contribution in [-0.2, 0) is 32.3 Å². The molecule has 10 heteroatoms. The number of urea groups is 1. The normalized spacial score (nSPS) is 14.9. The van der Waals surface area contributed by atoms with Crippen molar-refractivity contribution in [1.82, 2.24) is 15.2 Å². The molecule has 0 aliphatic carbocycles. The van der Waals surface area contributed by atoms with E-state index in [-0.39, 0.29) is 31.8 Å². The van der Waals surface area contributed by atoms with Gasteiger partial charge in [-0.3, -0.25) is 9.69 Å². The van der Waals surface area contributed by atoms with Crippen LogP contribution in [0.5, 0.6) is 0 Å². The van der Waals surface area contributed by atoms with Gasteiger partial charge in [-0.15, -0.1) is 0 Å². The molecule has 1 N–H and O–H groups in total. The van der Waals surface area contributed by atoms with Crippen LogP contribution in [0.25, 0.3) is 10.9 Å². The first-order chi connectivity index (χ1) is 20.8. The van der Waals surface area contributed by atoms with Crippen LogP contribution in [0.4, 0.5) is 4.79 Å². The summed E-state index contributed by atoms with van der Waals surface area (Å²) >= 11 is 12.6. The number of fused-ring (bicyclic) bond motifs is 1. The lowest BCUT2D eigenvalue weighted by molar-refractivity contribution is -0.145. The molecule has 2 amide bonds. The van der Waals surface area contributed by atoms with Gasteiger partial charge in [-0.05, 0) is 48.7 Å². The number of carbonyl (C=O) groups excluding carboxylic acids is 3. The van der Waals surface area contributed by atoms with Gasteiger partial charge in [0.1, 0.15) is 13.2 Å². The average molecular weight is 619 g/mol. The molecule has 1 aliphatic rings. The maximum absolute atomic E-state index is 13.5. The van der Waals surface area contributed by atoms with E-state index >= 15 is 0 Å². The number of rotatable bonds is 10. The van der Waals surface area contributed by atoms with Gasteiger partial charge in [-0.2, -0.15) is 0 Å². The van der Waals surface area contributed by atoms with Gasteiger partial charge in [0.25, 0.3) is 0 Å². The highest BCUT2D eigenvalue weighted by Crippen LogP contribution is 2.36. The number of amides is 2. The summed E-state index contributed by atoms with van der Waals surface area (Å²) in [5, 5.41) is 4.61. The van der Waals surface area contributed by atoms with Crippen LogP contribution >= 0.6 is 23.2 Å². The largest absolute Gasteiger partial charge is 0.459 e. The Morgan fingerprint density at radius 2 is 1.70 bits per heavy atom. The number of aromatic nitrogens is 1. The zero-order chi connectivity index (χ0) is 30.3. The SMILES string of the molecule is CC1=C(C(=O)OCc2ccccc2)C(c2ccc(Cl)cc2Cl)NC(=O)N1CCCC(=O)OCc1ccc2ccccc2n1. The summed E-state index contributed by atoms with van der Waals surface area (Å²) in [4.78, 5) is 45.2. The second-order valence-corrected chi connectivity index (χ2v) is 10.9. The number of carbonyl (C=O) groups is 3. The Labute approximate surface area is 259 Å². The maximum atomic E-state index is 13.5. The van der Waals surface area contributed by atoms with Gasteiger partial charge in [-0.1, -0.05) is 83.9 Å². The summed E-state index contributed by atoms with van der Waals surface area (Å²) in [5.74, 6) is -1.01. The fourth-order valence-corrected chi connectivity index (χ4v) is 5.40. The molecule has 8 nitrogen and oxygen atoms in total. The Balaban J connectivity index is 1.27. The molecule has 0 bridgehead atoms. The maximum Gasteiger partial charge on any atom is 0.338 e. The number of ether oxygens (including phenoxy) is 2. The molecule has 43 heavy (non-hydrogen) atoms. The van der Waals surface area contributed by atoms with Crippen molar-refractivity contribution in [2.45, 2.75) is 39.0 Å². The first kappa shape index (κ1) is 30.1. The number of nitrogens with one attached hydrogen (secondary N) is 1. The molecule has 0 saturated carbocycles. The Hall–Kier alpha value is -4.40. The number of hydrogen-bond donors (Lipinski definition) is 1. The van der Waals surface area contributed by atoms with Crippen LogP contribution in [0, 0.1) is 0 Å². The van der Waals surface area contributed by atoms with Crippen molar-refractivity contribution < 1.29 is 23.9 Å². The number of hydrogen-bond acceptors (Lipinski definition) is 6. The van der Waals surface area contributed by atoms with Crippen LogP contribution in [0.3, 0.4) is 0 Å². The van der Waals surface area contributed by atoms with Crippen LogP contribution < -0.4 is 5.32 Å². The van der Waals surface area contributed by atoms with Crippen LogP contribution in [0.15, 0.2) is 96.2 Å². The van der Waals surface area contributed by atoms with E-state index in [4.69, 9.17) is 32.7 Å². The van der Waals surface area contributed by atoms with Crippen LogP contribution in [0.1, 0.15) is 42.6 Å². The van der Waals surface area contributed by atoms with Gasteiger partial charge in [0.05, 0.1) is 22.8 Å². The van der Waals surface area contributed by atoms with Crippen LogP contribution in [0.2, 0.25) is 10.0 Å². The van der Waals surface area contributed by atoms with Crippen molar-refractivity contribution >= 4 is 52.1 Å². The Morgan fingerprint density at radius 1 is 0.930 bits per heavy atom. The van der Waals surface area contributed by atoms with Gasteiger partial charge < -0.3 is 14.8 Å². The van der Waals surface area contributed by atoms with Gasteiger partial charge in [0.15, 0.2) is 0 Å². The molecular weight excluding hydrogens is 589 g/mol. The van der Waals surface area contributed by atoms with Gasteiger partial charge in [0, 0.05) is 34.1 Å². The van der Waals surface area contributed by atoms with Crippen molar-refractivity contribution in [3.8, 4) is 0 Å². The van der Waals surface area contributed by atoms with Gasteiger partial charge in [0.2, 0.25) is 0 Å². The van der Waals surface area contributed by atoms with Gasteiger partial charge in [-0.25, -0.2) is 14.6 Å². The molecule has 1 aromatic heterocycles. The third kappa shape index (κ3) is 7.34. The highest BCUT2D eigenvalue weighted by molar-refractivity contribution is 6.35. The molecule has 4 aromatic rings. The lowest BCUT2D eigenvalue weighted by Gasteiger charge is -2.35. The van der Waals surface area contributed by atoms with Crippen LogP contribution in [-0.4, -0.2) is 34.4 Å². The minimum atomic E-state index is -0.851. The van der Waals surface area contributed by atoms with Crippen molar-refractivity contribution in [3.63, 3.8) is 0 Å². The van der Waals surface area contributed by atoms with Gasteiger partial charge >= 0.3 is 18.0 Å². The minimum absolute atomic E-state index is 0.0493. The lowest BCUT2D eigenvalue weighted by Crippen LogP contribution is -2.48. The highest BCUT2D eigenvalue weighted by Gasteiger charge is 2.37. The molecule has 3 aromatic carbocycles. The average Bonchev–Trinajstić information content (AvgIpc) is 3.00. The van der Waals surface area contributed by atoms with E-state index in [1.165, 1.54) is 4.90 Å². The first-order valence-corrected chi connectivity index (χ1v) is 14.5. The van der Waals surface area contributed by atoms with Crippen molar-refractivity contribution in [2.75, 3.05) is 6.54 Å². The molecule has 1 aliphatic heterocycles. The number of para-hydroxylation sites is 1. The zero-order valence-electron chi connectivity index (χ0n) is 23.4. The zero-order valence-corrected chi connectivity index (χ0v) is 24.9. The summed E-state index contributed by atoms with van der Waals surface area (Å²) in [7, 11) is 0. The number of benzene rings is 3. The standard InChI is InChI=1S/C33H29Cl2N3O5/c1-21-30(32(40)43-19-22-8-3-2-4-9-22)31(26-16-14-24(34)18-27(26)35)37-33(41)38(21)17-7-12-29(39)42-20-25-15-13-23-10-5-6-11-28(23)36-25/h2-6,8-11,13-16,18,31H,7,12,17,19-20H2,1H3,(H,37,41). The molecule has 1 unspecified atom stereocenters. The second-order valence-electron chi connectivity index (χ2n) is 10.0. The fourth-order valence-electron chi connectivity index (χ4n) is 4.88. The van der Waals surface area contributed by atoms with E-state index in [2.05, 4.69) is 10.3 Å².